The molecule has 6 rings (SSSR count). The first-order valence-electron chi connectivity index (χ1n) is 11.3. The van der Waals surface area contributed by atoms with E-state index in [4.69, 9.17) is 0 Å². The summed E-state index contributed by atoms with van der Waals surface area (Å²) in [5, 5.41) is 3.11. The summed E-state index contributed by atoms with van der Waals surface area (Å²) in [6.07, 6.45) is 5.05. The minimum atomic E-state index is -0.828. The van der Waals surface area contributed by atoms with Gasteiger partial charge in [0.15, 0.2) is 5.82 Å². The summed E-state index contributed by atoms with van der Waals surface area (Å²) in [5.41, 5.74) is 6.28. The van der Waals surface area contributed by atoms with Crippen LogP contribution in [0.1, 0.15) is 5.56 Å². The zero-order chi connectivity index (χ0) is 22.5. The smallest absolute Gasteiger partial charge is 0.161 e. The number of nitrogens with zero attached hydrogens (tertiary/aromatic N) is 4. The van der Waals surface area contributed by atoms with E-state index in [2.05, 4.69) is 54.8 Å². The van der Waals surface area contributed by atoms with Gasteiger partial charge in [-0.25, -0.2) is 13.8 Å². The van der Waals surface area contributed by atoms with Gasteiger partial charge in [0.1, 0.15) is 12.0 Å². The van der Waals surface area contributed by atoms with Crippen molar-refractivity contribution in [3.63, 3.8) is 0 Å². The molecule has 1 fully saturated rings. The number of nitrogens with one attached hydrogen (secondary N) is 1. The summed E-state index contributed by atoms with van der Waals surface area (Å²) < 4.78 is 32.2. The minimum Gasteiger partial charge on any atom is -0.368 e. The van der Waals surface area contributed by atoms with E-state index >= 15 is 0 Å². The van der Waals surface area contributed by atoms with Crippen LogP contribution in [0.5, 0.6) is 0 Å². The molecule has 0 radical (unpaired) electrons. The van der Waals surface area contributed by atoms with Crippen LogP contribution >= 0.6 is 0 Å². The van der Waals surface area contributed by atoms with E-state index in [-0.39, 0.29) is 11.7 Å². The van der Waals surface area contributed by atoms with Gasteiger partial charge in [0.25, 0.3) is 0 Å². The van der Waals surface area contributed by atoms with Crippen LogP contribution in [-0.4, -0.2) is 47.0 Å². The molecule has 1 saturated heterocycles. The summed E-state index contributed by atoms with van der Waals surface area (Å²) >= 11 is 0. The van der Waals surface area contributed by atoms with Crippen molar-refractivity contribution in [3.8, 4) is 28.3 Å². The van der Waals surface area contributed by atoms with Gasteiger partial charge < -0.3 is 14.8 Å². The average Bonchev–Trinajstić information content (AvgIpc) is 3.52. The van der Waals surface area contributed by atoms with Crippen molar-refractivity contribution in [3.05, 3.63) is 78.5 Å². The lowest BCUT2D eigenvalue weighted by atomic mass is 10.1. The lowest BCUT2D eigenvalue weighted by molar-refractivity contribution is 0.280. The maximum absolute atomic E-state index is 14.5. The van der Waals surface area contributed by atoms with Crippen molar-refractivity contribution >= 4 is 5.69 Å². The number of imidazole rings is 1. The first kappa shape index (κ1) is 20.2. The van der Waals surface area contributed by atoms with Crippen molar-refractivity contribution in [1.82, 2.24) is 19.4 Å². The topological polar surface area (TPSA) is 38.0 Å². The molecule has 1 N–H and O–H groups in total. The molecule has 2 aliphatic heterocycles. The first-order valence-corrected chi connectivity index (χ1v) is 11.3. The molecule has 2 unspecified atom stereocenters. The number of fused-ring (bicyclic) bond motifs is 5. The lowest BCUT2D eigenvalue weighted by Gasteiger charge is -2.20. The van der Waals surface area contributed by atoms with Crippen molar-refractivity contribution in [1.29, 1.82) is 0 Å². The summed E-state index contributed by atoms with van der Waals surface area (Å²) in [6.45, 7) is 2.49. The molecule has 0 amide bonds. The van der Waals surface area contributed by atoms with E-state index in [9.17, 15) is 8.78 Å². The fourth-order valence-corrected chi connectivity index (χ4v) is 5.13. The molecule has 2 aromatic heterocycles. The van der Waals surface area contributed by atoms with Crippen LogP contribution in [0.2, 0.25) is 0 Å². The Morgan fingerprint density at radius 1 is 1.06 bits per heavy atom. The van der Waals surface area contributed by atoms with Gasteiger partial charge in [-0.1, -0.05) is 12.1 Å². The molecule has 33 heavy (non-hydrogen) atoms. The van der Waals surface area contributed by atoms with Crippen molar-refractivity contribution in [2.75, 3.05) is 31.6 Å². The third-order valence-electron chi connectivity index (χ3n) is 6.80. The van der Waals surface area contributed by atoms with Gasteiger partial charge in [0.05, 0.1) is 11.4 Å². The number of anilines is 1. The lowest BCUT2D eigenvalue weighted by Crippen LogP contribution is -2.26. The van der Waals surface area contributed by atoms with Crippen LogP contribution in [-0.2, 0) is 6.54 Å². The maximum Gasteiger partial charge on any atom is 0.161 e. The van der Waals surface area contributed by atoms with Crippen LogP contribution < -0.4 is 10.2 Å². The number of hydrogen-bond acceptors (Lipinski definition) is 3. The van der Waals surface area contributed by atoms with Gasteiger partial charge in [0, 0.05) is 61.9 Å². The summed E-state index contributed by atoms with van der Waals surface area (Å²) in [6, 6.07) is 15.0. The molecule has 5 nitrogen and oxygen atoms in total. The second-order valence-electron chi connectivity index (χ2n) is 8.92. The number of benzene rings is 2. The van der Waals surface area contributed by atoms with E-state index in [0.29, 0.717) is 26.2 Å². The van der Waals surface area contributed by atoms with Gasteiger partial charge in [-0.15, -0.1) is 0 Å². The molecule has 4 aromatic rings. The number of aromatic nitrogens is 3. The molecule has 0 spiro atoms. The Balaban J connectivity index is 1.39. The number of alkyl halides is 1. The van der Waals surface area contributed by atoms with E-state index in [0.717, 1.165) is 39.6 Å². The molecule has 4 heterocycles. The fourth-order valence-electron chi connectivity index (χ4n) is 5.13. The highest BCUT2D eigenvalue weighted by atomic mass is 19.1. The molecule has 7 heteroatoms. The Bertz CT molecular complexity index is 1310. The van der Waals surface area contributed by atoms with Crippen molar-refractivity contribution in [2.45, 2.75) is 12.7 Å². The van der Waals surface area contributed by atoms with Gasteiger partial charge >= 0.3 is 0 Å². The molecule has 2 aromatic carbocycles. The highest BCUT2D eigenvalue weighted by Crippen LogP contribution is 2.36. The molecule has 2 aliphatic rings. The fraction of sp³-hybridized carbons (Fsp3) is 0.269. The first-order chi connectivity index (χ1) is 16.1. The highest BCUT2D eigenvalue weighted by molar-refractivity contribution is 5.72. The monoisotopic (exact) mass is 445 g/mol. The van der Waals surface area contributed by atoms with Crippen molar-refractivity contribution < 1.29 is 8.78 Å². The zero-order valence-corrected chi connectivity index (χ0v) is 18.4. The van der Waals surface area contributed by atoms with Crippen LogP contribution in [0, 0.1) is 11.7 Å². The quantitative estimate of drug-likeness (QED) is 0.443. The predicted molar refractivity (Wildman–Crippen MR) is 126 cm³/mol. The summed E-state index contributed by atoms with van der Waals surface area (Å²) in [5.74, 6) is 0.628. The Morgan fingerprint density at radius 2 is 1.91 bits per heavy atom. The molecular weight excluding hydrogens is 420 g/mol. The van der Waals surface area contributed by atoms with Crippen LogP contribution in [0.3, 0.4) is 0 Å². The number of halogens is 2. The van der Waals surface area contributed by atoms with Crippen LogP contribution in [0.25, 0.3) is 28.3 Å². The standard InChI is InChI=1S/C26H25F2N5/c1-29-12-20-15-31(16-23(20)28)22-6-7-24-19(10-22)14-32-13-18(17-2-4-21(27)5-3-17)11-25(32)26-30-8-9-33(24)26/h2-11,13,20,23,29H,12,14-16H2,1H3. The van der Waals surface area contributed by atoms with Gasteiger partial charge in [0.2, 0.25) is 0 Å². The Hall–Kier alpha value is -3.45. The van der Waals surface area contributed by atoms with Crippen LogP contribution in [0.4, 0.5) is 14.5 Å². The molecule has 0 aliphatic carbocycles. The summed E-state index contributed by atoms with van der Waals surface area (Å²) in [7, 11) is 1.87. The largest absolute Gasteiger partial charge is 0.368 e. The van der Waals surface area contributed by atoms with Gasteiger partial charge in [-0.05, 0) is 54.6 Å². The molecule has 2 atom stereocenters. The average molecular weight is 446 g/mol. The molecular formula is C26H25F2N5. The SMILES string of the molecule is CNCC1CN(c2ccc3c(c2)Cn2cc(-c4ccc(F)cc4)cc2-c2nccn2-3)CC1F. The van der Waals surface area contributed by atoms with E-state index in [1.165, 1.54) is 12.1 Å². The third-order valence-corrected chi connectivity index (χ3v) is 6.80. The van der Waals surface area contributed by atoms with E-state index < -0.39 is 6.17 Å². The van der Waals surface area contributed by atoms with Gasteiger partial charge in [-0.3, -0.25) is 4.57 Å². The zero-order valence-electron chi connectivity index (χ0n) is 18.4. The van der Waals surface area contributed by atoms with E-state index in [1.54, 1.807) is 12.1 Å². The second kappa shape index (κ2) is 7.85. The number of hydrogen-bond donors (Lipinski definition) is 1. The molecule has 0 saturated carbocycles. The molecule has 168 valence electrons. The molecule has 0 bridgehead atoms. The predicted octanol–water partition coefficient (Wildman–Crippen LogP) is 4.50. The Kier molecular flexibility index (Phi) is 4.80. The third kappa shape index (κ3) is 3.43. The van der Waals surface area contributed by atoms with E-state index in [1.807, 2.05) is 19.4 Å². The van der Waals surface area contributed by atoms with Crippen molar-refractivity contribution in [2.24, 2.45) is 5.92 Å². The van der Waals surface area contributed by atoms with Gasteiger partial charge in [-0.2, -0.15) is 0 Å². The number of rotatable bonds is 4. The maximum atomic E-state index is 14.5. The Labute approximate surface area is 191 Å². The second-order valence-corrected chi connectivity index (χ2v) is 8.92. The summed E-state index contributed by atoms with van der Waals surface area (Å²) in [4.78, 5) is 6.78. The minimum absolute atomic E-state index is 0.00313. The van der Waals surface area contributed by atoms with Crippen LogP contribution in [0.15, 0.2) is 67.1 Å². The normalized spacial score (nSPS) is 19.2. The Morgan fingerprint density at radius 3 is 2.73 bits per heavy atom. The highest BCUT2D eigenvalue weighted by Gasteiger charge is 2.33.